The Balaban J connectivity index is 1.27. The fourth-order valence-electron chi connectivity index (χ4n) is 8.83. The van der Waals surface area contributed by atoms with Crippen LogP contribution in [-0.4, -0.2) is 0 Å². The summed E-state index contributed by atoms with van der Waals surface area (Å²) in [5.74, 6) is 0. The maximum atomic E-state index is 2.55. The molecule has 1 aliphatic carbocycles. The van der Waals surface area contributed by atoms with E-state index in [0.717, 1.165) is 12.8 Å². The average molecular weight is 639 g/mol. The molecule has 0 atom stereocenters. The van der Waals surface area contributed by atoms with Crippen molar-refractivity contribution in [1.82, 2.24) is 0 Å². The van der Waals surface area contributed by atoms with Crippen molar-refractivity contribution in [1.29, 1.82) is 0 Å². The van der Waals surface area contributed by atoms with Gasteiger partial charge in [0.05, 0.1) is 24.0 Å². The molecule has 242 valence electrons. The minimum atomic E-state index is -0.0861. The lowest BCUT2D eigenvalue weighted by Crippen LogP contribution is -2.47. The summed E-state index contributed by atoms with van der Waals surface area (Å²) < 4.78 is 4.99. The van der Waals surface area contributed by atoms with E-state index in [1.165, 1.54) is 89.2 Å². The number of fused-ring (bicyclic) bond motifs is 11. The predicted molar refractivity (Wildman–Crippen MR) is 203 cm³/mol. The highest BCUT2D eigenvalue weighted by Crippen LogP contribution is 2.53. The quantitative estimate of drug-likeness (QED) is 0.146. The molecule has 49 heavy (non-hydrogen) atoms. The van der Waals surface area contributed by atoms with Gasteiger partial charge < -0.3 is 0 Å². The van der Waals surface area contributed by atoms with Crippen LogP contribution in [0.25, 0.3) is 55.8 Å². The number of rotatable bonds is 0. The third-order valence-corrected chi connectivity index (χ3v) is 11.6. The van der Waals surface area contributed by atoms with Gasteiger partial charge in [-0.15, -0.1) is 0 Å². The molecule has 0 saturated carbocycles. The number of benzene rings is 4. The smallest absolute Gasteiger partial charge is 0.158 e. The first-order valence-electron chi connectivity index (χ1n) is 17.9. The van der Waals surface area contributed by atoms with Gasteiger partial charge >= 0.3 is 0 Å². The van der Waals surface area contributed by atoms with Gasteiger partial charge in [0.1, 0.15) is 0 Å². The highest BCUT2D eigenvalue weighted by atomic mass is 15.1. The number of hydrogen-bond acceptors (Lipinski definition) is 0. The zero-order chi connectivity index (χ0) is 34.0. The normalized spacial score (nSPS) is 17.1. The molecular formula is C47H46N2+2. The molecular weight excluding hydrogens is 593 g/mol. The van der Waals surface area contributed by atoms with Crippen LogP contribution < -0.4 is 9.13 Å². The van der Waals surface area contributed by atoms with E-state index < -0.39 is 0 Å². The van der Waals surface area contributed by atoms with Gasteiger partial charge in [-0.05, 0) is 84.3 Å². The largest absolute Gasteiger partial charge is 0.259 e. The van der Waals surface area contributed by atoms with Crippen LogP contribution in [0.2, 0.25) is 0 Å². The Morgan fingerprint density at radius 1 is 0.531 bits per heavy atom. The maximum absolute atomic E-state index is 2.55. The number of allylic oxidation sites excluding steroid dienone is 2. The van der Waals surface area contributed by atoms with Crippen LogP contribution >= 0.6 is 0 Å². The minimum absolute atomic E-state index is 0.0589. The molecule has 0 saturated heterocycles. The summed E-state index contributed by atoms with van der Waals surface area (Å²) in [6, 6.07) is 37.3. The van der Waals surface area contributed by atoms with Gasteiger partial charge in [-0.2, -0.15) is 9.13 Å². The molecule has 2 heteroatoms. The molecule has 0 amide bonds. The van der Waals surface area contributed by atoms with E-state index in [4.69, 9.17) is 0 Å². The SMILES string of the molecule is CC(C)(C)c1ccc2c(c1)-c1cc(C(C)(C)C)cc[n+]1/C(=C1\Cc3cc4c(cc3-c3cccc[n+]31)-c1ccc3ccccc3c1C4(C)C)C2. The molecule has 2 aromatic heterocycles. The summed E-state index contributed by atoms with van der Waals surface area (Å²) in [5.41, 5.74) is 19.3. The number of pyridine rings is 2. The second kappa shape index (κ2) is 10.1. The monoisotopic (exact) mass is 638 g/mol. The van der Waals surface area contributed by atoms with Crippen LogP contribution in [0.4, 0.5) is 0 Å². The Morgan fingerprint density at radius 2 is 1.20 bits per heavy atom. The lowest BCUT2D eigenvalue weighted by Gasteiger charge is -2.26. The first kappa shape index (κ1) is 30.3. The van der Waals surface area contributed by atoms with Crippen LogP contribution in [0.3, 0.4) is 0 Å². The zero-order valence-electron chi connectivity index (χ0n) is 30.2. The van der Waals surface area contributed by atoms with Crippen LogP contribution in [0.15, 0.2) is 109 Å². The van der Waals surface area contributed by atoms with E-state index in [1.54, 1.807) is 0 Å². The molecule has 4 heterocycles. The minimum Gasteiger partial charge on any atom is -0.158 e. The van der Waals surface area contributed by atoms with E-state index in [1.807, 2.05) is 0 Å². The van der Waals surface area contributed by atoms with Crippen LogP contribution in [0.5, 0.6) is 0 Å². The highest BCUT2D eigenvalue weighted by Gasteiger charge is 2.42. The Kier molecular flexibility index (Phi) is 6.24. The molecule has 2 nitrogen and oxygen atoms in total. The molecule has 9 rings (SSSR count). The van der Waals surface area contributed by atoms with Crippen LogP contribution in [0.1, 0.15) is 88.8 Å². The second-order valence-corrected chi connectivity index (χ2v) is 17.1. The van der Waals surface area contributed by atoms with Gasteiger partial charge in [-0.25, -0.2) is 0 Å². The lowest BCUT2D eigenvalue weighted by atomic mass is 9.78. The molecule has 0 unspecified atom stereocenters. The Labute approximate surface area is 291 Å². The molecule has 3 aliphatic rings. The van der Waals surface area contributed by atoms with Crippen molar-refractivity contribution in [3.8, 4) is 33.6 Å². The van der Waals surface area contributed by atoms with Crippen molar-refractivity contribution >= 4 is 22.2 Å². The molecule has 0 fully saturated rings. The highest BCUT2D eigenvalue weighted by molar-refractivity contribution is 5.98. The van der Waals surface area contributed by atoms with Crippen molar-refractivity contribution in [2.75, 3.05) is 0 Å². The topological polar surface area (TPSA) is 7.76 Å². The van der Waals surface area contributed by atoms with E-state index in [-0.39, 0.29) is 16.2 Å². The molecule has 4 aromatic carbocycles. The number of hydrogen-bond donors (Lipinski definition) is 0. The average Bonchev–Trinajstić information content (AvgIpc) is 3.31. The molecule has 0 spiro atoms. The Morgan fingerprint density at radius 3 is 1.98 bits per heavy atom. The Bertz CT molecular complexity index is 2420. The van der Waals surface area contributed by atoms with Crippen LogP contribution in [-0.2, 0) is 29.1 Å². The van der Waals surface area contributed by atoms with Gasteiger partial charge in [0.2, 0.25) is 11.4 Å². The van der Waals surface area contributed by atoms with Gasteiger partial charge in [-0.1, -0.05) is 110 Å². The number of nitrogens with zero attached hydrogens (tertiary/aromatic N) is 2. The first-order valence-corrected chi connectivity index (χ1v) is 17.9. The van der Waals surface area contributed by atoms with Crippen molar-refractivity contribution in [3.63, 3.8) is 0 Å². The van der Waals surface area contributed by atoms with Crippen LogP contribution in [0, 0.1) is 0 Å². The van der Waals surface area contributed by atoms with E-state index in [2.05, 4.69) is 174 Å². The Hall–Kier alpha value is -4.82. The van der Waals surface area contributed by atoms with Crippen molar-refractivity contribution in [2.24, 2.45) is 0 Å². The van der Waals surface area contributed by atoms with E-state index >= 15 is 0 Å². The zero-order valence-corrected chi connectivity index (χ0v) is 30.2. The summed E-state index contributed by atoms with van der Waals surface area (Å²) in [7, 11) is 0. The van der Waals surface area contributed by atoms with Gasteiger partial charge in [-0.3, -0.25) is 0 Å². The standard InChI is InChI=1S/C47H46N2/c1-45(2,3)32-18-16-30-24-42(49-22-20-33(46(4,5)6)27-41(49)36(30)26-32)43-25-31-23-39-38(28-37(31)40-15-11-12-21-48(40)43)35-19-17-29-13-9-10-14-34(29)44(35)47(39,7)8/h9-23,26-28H,24-25H2,1-8H3/q+2/b43-42+. The third-order valence-electron chi connectivity index (χ3n) is 11.6. The van der Waals surface area contributed by atoms with E-state index in [0.29, 0.717) is 0 Å². The summed E-state index contributed by atoms with van der Waals surface area (Å²) in [5, 5.41) is 2.69. The molecule has 0 N–H and O–H groups in total. The third kappa shape index (κ3) is 4.46. The fraction of sp³-hybridized carbons (Fsp3) is 0.277. The maximum Gasteiger partial charge on any atom is 0.259 e. The lowest BCUT2D eigenvalue weighted by molar-refractivity contribution is -0.602. The first-order chi connectivity index (χ1) is 23.3. The van der Waals surface area contributed by atoms with Gasteiger partial charge in [0, 0.05) is 29.7 Å². The summed E-state index contributed by atoms with van der Waals surface area (Å²) >= 11 is 0. The number of aromatic nitrogens is 2. The molecule has 0 bridgehead atoms. The summed E-state index contributed by atoms with van der Waals surface area (Å²) in [6.07, 6.45) is 6.40. The second-order valence-electron chi connectivity index (χ2n) is 17.1. The van der Waals surface area contributed by atoms with Gasteiger partial charge in [0.25, 0.3) is 11.4 Å². The molecule has 6 aromatic rings. The van der Waals surface area contributed by atoms with E-state index in [9.17, 15) is 0 Å². The van der Waals surface area contributed by atoms with Crippen molar-refractivity contribution in [2.45, 2.75) is 84.5 Å². The fourth-order valence-corrected chi connectivity index (χ4v) is 8.83. The summed E-state index contributed by atoms with van der Waals surface area (Å²) in [6.45, 7) is 18.7. The molecule has 0 radical (unpaired) electrons. The predicted octanol–water partition coefficient (Wildman–Crippen LogP) is 10.6. The summed E-state index contributed by atoms with van der Waals surface area (Å²) in [4.78, 5) is 0. The molecule has 2 aliphatic heterocycles. The van der Waals surface area contributed by atoms with Crippen molar-refractivity contribution < 1.29 is 9.13 Å². The van der Waals surface area contributed by atoms with Crippen molar-refractivity contribution in [3.05, 3.63) is 143 Å². The van der Waals surface area contributed by atoms with Gasteiger partial charge in [0.15, 0.2) is 12.4 Å².